The number of hydrogen-bond donors (Lipinski definition) is 2. The third-order valence-electron chi connectivity index (χ3n) is 7.69. The lowest BCUT2D eigenvalue weighted by molar-refractivity contribution is -0.129. The van der Waals surface area contributed by atoms with E-state index in [2.05, 4.69) is 39.5 Å². The number of rotatable bonds is 5. The SMILES string of the molecule is C#C.CC(C)(C)OC(=O)N[C@H]1CCCCc2ncccc21.CNc1ncccc1N(C=O)C1CCN(C(C)=O)CC1.Fc1ccccc1F. The number of terminal acetylenes is 1. The van der Waals surface area contributed by atoms with Gasteiger partial charge in [-0.15, -0.1) is 12.8 Å². The lowest BCUT2D eigenvalue weighted by Gasteiger charge is -2.36. The molecule has 49 heavy (non-hydrogen) atoms. The molecule has 12 heteroatoms. The van der Waals surface area contributed by atoms with Crippen molar-refractivity contribution in [3.63, 3.8) is 0 Å². The van der Waals surface area contributed by atoms with Crippen LogP contribution < -0.4 is 15.5 Å². The number of nitrogens with one attached hydrogen (secondary N) is 2. The summed E-state index contributed by atoms with van der Waals surface area (Å²) in [5, 5.41) is 5.97. The molecule has 0 bridgehead atoms. The number of benzene rings is 1. The third-order valence-corrected chi connectivity index (χ3v) is 7.69. The number of anilines is 2. The number of pyridine rings is 2. The Morgan fingerprint density at radius 3 is 2.12 bits per heavy atom. The number of alkyl carbamates (subject to hydrolysis) is 1. The number of piperidine rings is 1. The zero-order valence-corrected chi connectivity index (χ0v) is 29.0. The molecule has 1 aliphatic carbocycles. The second-order valence-electron chi connectivity index (χ2n) is 12.3. The molecule has 10 nitrogen and oxygen atoms in total. The van der Waals surface area contributed by atoms with Gasteiger partial charge in [0.05, 0.1) is 11.7 Å². The molecule has 2 N–H and O–H groups in total. The molecule has 1 aromatic carbocycles. The molecule has 0 spiro atoms. The van der Waals surface area contributed by atoms with E-state index in [0.29, 0.717) is 18.9 Å². The summed E-state index contributed by atoms with van der Waals surface area (Å²) in [6.45, 7) is 8.58. The number of ether oxygens (including phenoxy) is 1. The summed E-state index contributed by atoms with van der Waals surface area (Å²) in [4.78, 5) is 46.9. The van der Waals surface area contributed by atoms with Crippen LogP contribution >= 0.6 is 0 Å². The summed E-state index contributed by atoms with van der Waals surface area (Å²) in [5.74, 6) is -0.813. The molecule has 1 atom stereocenters. The topological polar surface area (TPSA) is 117 Å². The summed E-state index contributed by atoms with van der Waals surface area (Å²) in [6, 6.07) is 12.8. The fourth-order valence-electron chi connectivity index (χ4n) is 5.41. The molecule has 1 saturated heterocycles. The second kappa shape index (κ2) is 20.3. The Hall–Kier alpha value is -5.05. The Bertz CT molecular complexity index is 1480. The monoisotopic (exact) mass is 678 g/mol. The number of fused-ring (bicyclic) bond motifs is 1. The first-order chi connectivity index (χ1) is 23.4. The number of nitrogens with zero attached hydrogens (tertiary/aromatic N) is 4. The van der Waals surface area contributed by atoms with Crippen LogP contribution in [-0.2, 0) is 20.7 Å². The van der Waals surface area contributed by atoms with E-state index in [1.54, 1.807) is 25.1 Å². The number of amides is 3. The van der Waals surface area contributed by atoms with Gasteiger partial charge in [-0.25, -0.2) is 18.6 Å². The van der Waals surface area contributed by atoms with Gasteiger partial charge in [0.15, 0.2) is 11.6 Å². The van der Waals surface area contributed by atoms with Gasteiger partial charge in [0, 0.05) is 51.2 Å². The molecule has 1 aliphatic heterocycles. The van der Waals surface area contributed by atoms with Gasteiger partial charge < -0.3 is 25.2 Å². The maximum absolute atomic E-state index is 11.9. The molecule has 2 aliphatic rings. The van der Waals surface area contributed by atoms with Crippen LogP contribution in [0.1, 0.15) is 77.1 Å². The molecule has 5 rings (SSSR count). The lowest BCUT2D eigenvalue weighted by Crippen LogP contribution is -2.46. The zero-order valence-electron chi connectivity index (χ0n) is 29.0. The number of aryl methyl sites for hydroxylation is 1. The standard InChI is InChI=1S/C15H22N2O2.C14H20N4O2.C6H4F2.C2H2/c1-15(2,3)19-14(18)17-13-9-5-4-8-12-11(13)7-6-10-16-12;1-11(20)17-8-5-12(6-9-17)18(10-19)13-4-3-7-16-14(13)15-2;7-5-3-1-2-4-6(5)8;1-2/h6-7,10,13H,4-5,8-9H2,1-3H3,(H,17,18);3-4,7,10,12H,5-6,8-9H2,1-2H3,(H,15,16);1-4H;1-2H/t13-;;;/m0.../s1. The summed E-state index contributed by atoms with van der Waals surface area (Å²) >= 11 is 0. The Morgan fingerprint density at radius 2 is 1.57 bits per heavy atom. The fourth-order valence-corrected chi connectivity index (χ4v) is 5.41. The molecular weight excluding hydrogens is 630 g/mol. The predicted molar refractivity (Wildman–Crippen MR) is 188 cm³/mol. The third kappa shape index (κ3) is 13.2. The minimum Gasteiger partial charge on any atom is -0.444 e. The summed E-state index contributed by atoms with van der Waals surface area (Å²) < 4.78 is 29.2. The van der Waals surface area contributed by atoms with Crippen molar-refractivity contribution in [1.82, 2.24) is 20.2 Å². The first-order valence-corrected chi connectivity index (χ1v) is 16.2. The van der Waals surface area contributed by atoms with Crippen LogP contribution in [0.2, 0.25) is 0 Å². The largest absolute Gasteiger partial charge is 0.444 e. The average Bonchev–Trinajstić information content (AvgIpc) is 3.29. The molecule has 0 unspecified atom stereocenters. The van der Waals surface area contributed by atoms with Crippen molar-refractivity contribution in [3.8, 4) is 12.8 Å². The van der Waals surface area contributed by atoms with E-state index < -0.39 is 17.2 Å². The van der Waals surface area contributed by atoms with Crippen molar-refractivity contribution in [2.75, 3.05) is 30.4 Å². The van der Waals surface area contributed by atoms with Gasteiger partial charge in [0.2, 0.25) is 12.3 Å². The number of halogens is 2. The highest BCUT2D eigenvalue weighted by atomic mass is 19.2. The number of carbonyl (C=O) groups is 3. The van der Waals surface area contributed by atoms with Gasteiger partial charge in [0.25, 0.3) is 0 Å². The van der Waals surface area contributed by atoms with Crippen LogP contribution in [0, 0.1) is 24.5 Å². The van der Waals surface area contributed by atoms with Crippen molar-refractivity contribution in [1.29, 1.82) is 0 Å². The molecule has 3 heterocycles. The van der Waals surface area contributed by atoms with E-state index in [1.165, 1.54) is 12.1 Å². The van der Waals surface area contributed by atoms with Crippen LogP contribution in [0.15, 0.2) is 60.9 Å². The highest BCUT2D eigenvalue weighted by Gasteiger charge is 2.27. The van der Waals surface area contributed by atoms with Crippen LogP contribution in [0.3, 0.4) is 0 Å². The lowest BCUT2D eigenvalue weighted by atomic mass is 10.0. The van der Waals surface area contributed by atoms with Crippen molar-refractivity contribution in [2.24, 2.45) is 0 Å². The van der Waals surface area contributed by atoms with Crippen LogP contribution in [0.5, 0.6) is 0 Å². The van der Waals surface area contributed by atoms with E-state index in [1.807, 2.05) is 50.1 Å². The minimum absolute atomic E-state index is 0.0149. The van der Waals surface area contributed by atoms with Gasteiger partial charge in [-0.2, -0.15) is 0 Å². The molecule has 2 aromatic heterocycles. The molecule has 1 fully saturated rings. The highest BCUT2D eigenvalue weighted by Crippen LogP contribution is 2.28. The van der Waals surface area contributed by atoms with Gasteiger partial charge in [-0.1, -0.05) is 24.6 Å². The summed E-state index contributed by atoms with van der Waals surface area (Å²) in [6.07, 6.45) is 17.7. The Morgan fingerprint density at radius 1 is 0.959 bits per heavy atom. The Kier molecular flexibility index (Phi) is 16.7. The summed E-state index contributed by atoms with van der Waals surface area (Å²) in [5.41, 5.74) is 2.55. The first kappa shape index (κ1) is 40.1. The highest BCUT2D eigenvalue weighted by molar-refractivity contribution is 5.82. The minimum atomic E-state index is -0.799. The molecular formula is C37H48F2N6O4. The quantitative estimate of drug-likeness (QED) is 0.176. The van der Waals surface area contributed by atoms with Crippen molar-refractivity contribution in [3.05, 3.63) is 83.8 Å². The van der Waals surface area contributed by atoms with Crippen LogP contribution in [-0.4, -0.2) is 65.1 Å². The van der Waals surface area contributed by atoms with E-state index in [9.17, 15) is 23.2 Å². The van der Waals surface area contributed by atoms with Gasteiger partial charge in [0.1, 0.15) is 11.4 Å². The van der Waals surface area contributed by atoms with E-state index >= 15 is 0 Å². The number of likely N-dealkylation sites (tertiary alicyclic amines) is 1. The maximum Gasteiger partial charge on any atom is 0.408 e. The zero-order chi connectivity index (χ0) is 36.4. The molecule has 0 saturated carbocycles. The number of carbonyl (C=O) groups excluding carboxylic acids is 3. The fraction of sp³-hybridized carbons (Fsp3) is 0.432. The van der Waals surface area contributed by atoms with Gasteiger partial charge in [-0.05, 0) is 88.8 Å². The number of aromatic nitrogens is 2. The van der Waals surface area contributed by atoms with Crippen LogP contribution in [0.25, 0.3) is 0 Å². The first-order valence-electron chi connectivity index (χ1n) is 16.2. The van der Waals surface area contributed by atoms with E-state index in [-0.39, 0.29) is 24.1 Å². The van der Waals surface area contributed by atoms with Crippen molar-refractivity contribution >= 4 is 29.9 Å². The van der Waals surface area contributed by atoms with E-state index in [0.717, 1.165) is 74.0 Å². The molecule has 264 valence electrons. The Labute approximate surface area is 288 Å². The van der Waals surface area contributed by atoms with Crippen LogP contribution in [0.4, 0.5) is 25.1 Å². The second-order valence-corrected chi connectivity index (χ2v) is 12.3. The predicted octanol–water partition coefficient (Wildman–Crippen LogP) is 6.69. The molecule has 0 radical (unpaired) electrons. The smallest absolute Gasteiger partial charge is 0.408 e. The summed E-state index contributed by atoms with van der Waals surface area (Å²) in [7, 11) is 1.78. The maximum atomic E-state index is 11.9. The Balaban J connectivity index is 0.000000268. The van der Waals surface area contributed by atoms with E-state index in [4.69, 9.17) is 4.74 Å². The average molecular weight is 679 g/mol. The molecule has 3 aromatic rings. The van der Waals surface area contributed by atoms with Crippen molar-refractivity contribution in [2.45, 2.75) is 83.9 Å². The number of hydrogen-bond acceptors (Lipinski definition) is 7. The van der Waals surface area contributed by atoms with Gasteiger partial charge in [-0.3, -0.25) is 14.6 Å². The van der Waals surface area contributed by atoms with Gasteiger partial charge >= 0.3 is 6.09 Å². The van der Waals surface area contributed by atoms with Crippen molar-refractivity contribution < 1.29 is 27.9 Å². The normalized spacial score (nSPS) is 15.4. The molecule has 3 amide bonds.